The van der Waals surface area contributed by atoms with Crippen molar-refractivity contribution in [3.8, 4) is 5.75 Å². The van der Waals surface area contributed by atoms with Crippen LogP contribution in [0.25, 0.3) is 0 Å². The van der Waals surface area contributed by atoms with E-state index in [9.17, 15) is 0 Å². The van der Waals surface area contributed by atoms with Crippen LogP contribution in [-0.4, -0.2) is 90.8 Å². The molecule has 2 N–H and O–H groups in total. The van der Waals surface area contributed by atoms with Gasteiger partial charge in [-0.15, -0.1) is 0 Å². The zero-order valence-corrected chi connectivity index (χ0v) is 19.3. The van der Waals surface area contributed by atoms with Gasteiger partial charge >= 0.3 is 0 Å². The van der Waals surface area contributed by atoms with Gasteiger partial charge in [-0.2, -0.15) is 0 Å². The van der Waals surface area contributed by atoms with E-state index in [0.29, 0.717) is 26.4 Å². The maximum atomic E-state index is 5.71. The summed E-state index contributed by atoms with van der Waals surface area (Å²) in [4.78, 5) is 6.89. The van der Waals surface area contributed by atoms with E-state index in [1.807, 2.05) is 38.1 Å². The molecule has 8 heteroatoms. The lowest BCUT2D eigenvalue weighted by Gasteiger charge is -2.18. The fraction of sp³-hybridized carbons (Fsp3) is 0.682. The van der Waals surface area contributed by atoms with Gasteiger partial charge in [0.25, 0.3) is 0 Å². The molecule has 172 valence electrons. The van der Waals surface area contributed by atoms with Gasteiger partial charge in [0.2, 0.25) is 0 Å². The number of aliphatic imine (C=N–C) groups is 1. The van der Waals surface area contributed by atoms with E-state index in [1.54, 1.807) is 14.2 Å². The van der Waals surface area contributed by atoms with E-state index in [2.05, 4.69) is 27.6 Å². The fourth-order valence-corrected chi connectivity index (χ4v) is 2.49. The molecule has 0 fully saturated rings. The Morgan fingerprint density at radius 2 is 1.73 bits per heavy atom. The van der Waals surface area contributed by atoms with E-state index < -0.39 is 0 Å². The van der Waals surface area contributed by atoms with Gasteiger partial charge in [-0.25, -0.2) is 0 Å². The molecule has 1 aromatic carbocycles. The number of rotatable bonds is 16. The van der Waals surface area contributed by atoms with Crippen LogP contribution in [0.4, 0.5) is 5.69 Å². The van der Waals surface area contributed by atoms with Crippen molar-refractivity contribution in [2.24, 2.45) is 4.99 Å². The van der Waals surface area contributed by atoms with Crippen LogP contribution >= 0.6 is 0 Å². The number of ether oxygens (including phenoxy) is 4. The van der Waals surface area contributed by atoms with Crippen molar-refractivity contribution in [3.63, 3.8) is 0 Å². The lowest BCUT2D eigenvalue weighted by atomic mass is 10.3. The largest absolute Gasteiger partial charge is 0.491 e. The summed E-state index contributed by atoms with van der Waals surface area (Å²) in [5.41, 5.74) is 0.960. The van der Waals surface area contributed by atoms with E-state index >= 15 is 0 Å². The maximum Gasteiger partial charge on any atom is 0.195 e. The molecule has 0 amide bonds. The highest BCUT2D eigenvalue weighted by Gasteiger charge is 2.04. The van der Waals surface area contributed by atoms with Crippen molar-refractivity contribution >= 4 is 11.6 Å². The van der Waals surface area contributed by atoms with Crippen molar-refractivity contribution in [1.82, 2.24) is 10.2 Å². The minimum absolute atomic E-state index is 0.156. The maximum absolute atomic E-state index is 5.71. The molecule has 0 atom stereocenters. The number of guanidine groups is 1. The lowest BCUT2D eigenvalue weighted by molar-refractivity contribution is 0.0702. The summed E-state index contributed by atoms with van der Waals surface area (Å²) < 4.78 is 21.3. The normalized spacial score (nSPS) is 11.9. The van der Waals surface area contributed by atoms with Gasteiger partial charge in [-0.3, -0.25) is 4.99 Å². The molecule has 0 aromatic heterocycles. The highest BCUT2D eigenvalue weighted by molar-refractivity contribution is 5.93. The molecule has 0 unspecified atom stereocenters. The molecule has 30 heavy (non-hydrogen) atoms. The predicted molar refractivity (Wildman–Crippen MR) is 123 cm³/mol. The molecule has 8 nitrogen and oxygen atoms in total. The second-order valence-electron chi connectivity index (χ2n) is 7.23. The Labute approximate surface area is 181 Å². The van der Waals surface area contributed by atoms with Crippen LogP contribution in [0.5, 0.6) is 5.75 Å². The van der Waals surface area contributed by atoms with Crippen LogP contribution < -0.4 is 15.4 Å². The SMILES string of the molecule is COCCOCCCN=C(NCCN(C)CCOC)Nc1ccc(OC(C)C)cc1. The molecular formula is C22H40N4O4. The zero-order valence-electron chi connectivity index (χ0n) is 19.3. The molecule has 0 aliphatic rings. The second-order valence-corrected chi connectivity index (χ2v) is 7.23. The highest BCUT2D eigenvalue weighted by atomic mass is 16.5. The summed E-state index contributed by atoms with van der Waals surface area (Å²) in [6, 6.07) is 7.91. The second kappa shape index (κ2) is 16.9. The Balaban J connectivity index is 2.54. The summed E-state index contributed by atoms with van der Waals surface area (Å²) in [7, 11) is 5.47. The van der Waals surface area contributed by atoms with Crippen molar-refractivity contribution < 1.29 is 18.9 Å². The minimum Gasteiger partial charge on any atom is -0.491 e. The molecule has 0 radical (unpaired) electrons. The number of nitrogens with zero attached hydrogens (tertiary/aromatic N) is 2. The van der Waals surface area contributed by atoms with Gasteiger partial charge in [0, 0.05) is 52.7 Å². The first kappa shape index (κ1) is 26.2. The summed E-state index contributed by atoms with van der Waals surface area (Å²) in [6.07, 6.45) is 1.01. The third-order valence-corrected chi connectivity index (χ3v) is 4.10. The molecule has 0 saturated heterocycles. The number of hydrogen-bond donors (Lipinski definition) is 2. The van der Waals surface area contributed by atoms with E-state index in [0.717, 1.165) is 50.1 Å². The molecule has 0 spiro atoms. The monoisotopic (exact) mass is 424 g/mol. The van der Waals surface area contributed by atoms with Crippen LogP contribution in [0.2, 0.25) is 0 Å². The molecular weight excluding hydrogens is 384 g/mol. The van der Waals surface area contributed by atoms with Crippen LogP contribution in [0.15, 0.2) is 29.3 Å². The molecule has 0 bridgehead atoms. The molecule has 1 aromatic rings. The summed E-state index contributed by atoms with van der Waals surface area (Å²) in [5.74, 6) is 1.61. The average Bonchev–Trinajstić information content (AvgIpc) is 2.72. The Kier molecular flexibility index (Phi) is 14.7. The van der Waals surface area contributed by atoms with E-state index in [-0.39, 0.29) is 6.10 Å². The first-order chi connectivity index (χ1) is 14.5. The standard InChI is InChI=1S/C22H40N4O4/c1-19(2)30-21-9-7-20(8-10-21)25-22(23-11-6-15-29-18-17-28-5)24-12-13-26(3)14-16-27-4/h7-10,19H,6,11-18H2,1-5H3,(H2,23,24,25). The summed E-state index contributed by atoms with van der Waals surface area (Å²) >= 11 is 0. The smallest absolute Gasteiger partial charge is 0.195 e. The fourth-order valence-electron chi connectivity index (χ4n) is 2.49. The van der Waals surface area contributed by atoms with Gasteiger partial charge in [-0.05, 0) is 51.6 Å². The average molecular weight is 425 g/mol. The molecule has 1 rings (SSSR count). The van der Waals surface area contributed by atoms with Crippen LogP contribution in [0.1, 0.15) is 20.3 Å². The molecule has 0 heterocycles. The van der Waals surface area contributed by atoms with E-state index in [1.165, 1.54) is 0 Å². The lowest BCUT2D eigenvalue weighted by Crippen LogP contribution is -2.37. The third kappa shape index (κ3) is 13.4. The Bertz CT molecular complexity index is 567. The Hall–Kier alpha value is -1.87. The number of likely N-dealkylation sites (N-methyl/N-ethyl adjacent to an activating group) is 1. The Morgan fingerprint density at radius 1 is 1.00 bits per heavy atom. The summed E-state index contributed by atoms with van der Waals surface area (Å²) in [5, 5.41) is 6.76. The zero-order chi connectivity index (χ0) is 22.0. The molecule has 0 aliphatic heterocycles. The number of methoxy groups -OCH3 is 2. The van der Waals surface area contributed by atoms with Gasteiger partial charge in [0.15, 0.2) is 5.96 Å². The highest BCUT2D eigenvalue weighted by Crippen LogP contribution is 2.16. The molecule has 0 saturated carbocycles. The van der Waals surface area contributed by atoms with Crippen molar-refractivity contribution in [1.29, 1.82) is 0 Å². The first-order valence-corrected chi connectivity index (χ1v) is 10.6. The van der Waals surface area contributed by atoms with Crippen LogP contribution in [-0.2, 0) is 14.2 Å². The number of anilines is 1. The van der Waals surface area contributed by atoms with Crippen LogP contribution in [0.3, 0.4) is 0 Å². The van der Waals surface area contributed by atoms with Gasteiger partial charge in [-0.1, -0.05) is 0 Å². The number of hydrogen-bond acceptors (Lipinski definition) is 6. The first-order valence-electron chi connectivity index (χ1n) is 10.6. The Morgan fingerprint density at radius 3 is 2.40 bits per heavy atom. The van der Waals surface area contributed by atoms with Crippen molar-refractivity contribution in [3.05, 3.63) is 24.3 Å². The van der Waals surface area contributed by atoms with Crippen molar-refractivity contribution in [2.45, 2.75) is 26.4 Å². The quantitative estimate of drug-likeness (QED) is 0.240. The summed E-state index contributed by atoms with van der Waals surface area (Å²) in [6.45, 7) is 9.91. The van der Waals surface area contributed by atoms with Gasteiger partial charge in [0.1, 0.15) is 5.75 Å². The van der Waals surface area contributed by atoms with Crippen molar-refractivity contribution in [2.75, 3.05) is 79.2 Å². The predicted octanol–water partition coefficient (Wildman–Crippen LogP) is 2.46. The number of benzene rings is 1. The van der Waals surface area contributed by atoms with Gasteiger partial charge in [0.05, 0.1) is 25.9 Å². The topological polar surface area (TPSA) is 76.6 Å². The molecule has 0 aliphatic carbocycles. The third-order valence-electron chi connectivity index (χ3n) is 4.10. The van der Waals surface area contributed by atoms with E-state index in [4.69, 9.17) is 18.9 Å². The van der Waals surface area contributed by atoms with Crippen LogP contribution in [0, 0.1) is 0 Å². The number of nitrogens with one attached hydrogen (secondary N) is 2. The minimum atomic E-state index is 0.156. The van der Waals surface area contributed by atoms with Gasteiger partial charge < -0.3 is 34.5 Å².